The summed E-state index contributed by atoms with van der Waals surface area (Å²) in [5, 5.41) is 12.4. The highest BCUT2D eigenvalue weighted by atomic mass is 79.9. The Hall–Kier alpha value is -4.01. The van der Waals surface area contributed by atoms with Gasteiger partial charge in [-0.2, -0.15) is 0 Å². The second kappa shape index (κ2) is 14.0. The summed E-state index contributed by atoms with van der Waals surface area (Å²) in [6, 6.07) is 10.3. The lowest BCUT2D eigenvalue weighted by atomic mass is 9.74. The maximum absolute atomic E-state index is 13.2. The van der Waals surface area contributed by atoms with E-state index in [2.05, 4.69) is 21.2 Å². The van der Waals surface area contributed by atoms with Crippen LogP contribution in [-0.4, -0.2) is 95.2 Å². The predicted octanol–water partition coefficient (Wildman–Crippen LogP) is 5.29. The first-order chi connectivity index (χ1) is 23.4. The number of benzene rings is 2. The van der Waals surface area contributed by atoms with Crippen molar-refractivity contribution in [3.63, 3.8) is 0 Å². The number of hydrogen-bond acceptors (Lipinski definition) is 12. The minimum absolute atomic E-state index is 0.0424. The van der Waals surface area contributed by atoms with Gasteiger partial charge in [0.1, 0.15) is 41.8 Å². The molecule has 2 aliphatic heterocycles. The molecule has 2 N–H and O–H groups in total. The molecule has 0 saturated carbocycles. The van der Waals surface area contributed by atoms with Crippen LogP contribution in [0.3, 0.4) is 0 Å². The van der Waals surface area contributed by atoms with E-state index >= 15 is 0 Å². The molecular weight excluding hydrogens is 712 g/mol. The van der Waals surface area contributed by atoms with Gasteiger partial charge in [0.05, 0.1) is 19.2 Å². The topological polar surface area (TPSA) is 159 Å². The summed E-state index contributed by atoms with van der Waals surface area (Å²) in [6.45, 7) is 12.5. The van der Waals surface area contributed by atoms with Crippen LogP contribution in [0, 0.1) is 10.8 Å². The summed E-state index contributed by atoms with van der Waals surface area (Å²) in [5.41, 5.74) is -0.724. The minimum atomic E-state index is -1.48. The lowest BCUT2D eigenvalue weighted by Gasteiger charge is -2.43. The summed E-state index contributed by atoms with van der Waals surface area (Å²) in [5.74, 6) is -0.0893. The van der Waals surface area contributed by atoms with Gasteiger partial charge in [0, 0.05) is 48.8 Å². The van der Waals surface area contributed by atoms with E-state index in [1.54, 1.807) is 30.9 Å². The molecule has 3 heterocycles. The summed E-state index contributed by atoms with van der Waals surface area (Å²) in [4.78, 5) is 50.8. The summed E-state index contributed by atoms with van der Waals surface area (Å²) in [7, 11) is 1.30. The van der Waals surface area contributed by atoms with E-state index in [0.717, 1.165) is 10.0 Å². The molecule has 13 nitrogen and oxygen atoms in total. The second-order valence-corrected chi connectivity index (χ2v) is 16.0. The van der Waals surface area contributed by atoms with E-state index in [1.807, 2.05) is 58.9 Å². The fourth-order valence-corrected chi connectivity index (χ4v) is 6.29. The van der Waals surface area contributed by atoms with Gasteiger partial charge in [-0.05, 0) is 29.7 Å². The zero-order valence-electron chi connectivity index (χ0n) is 29.7. The number of aldehydes is 1. The first-order valence-electron chi connectivity index (χ1n) is 16.4. The van der Waals surface area contributed by atoms with Crippen molar-refractivity contribution in [3.05, 3.63) is 40.9 Å². The Morgan fingerprint density at radius 1 is 1.14 bits per heavy atom. The SMILES string of the molecule is COC(=O)[C@@H]1CC(Oc2nc3ccc4c(c3nc2-c2cccc(Br)c2)OC(C)(C)O4)CN1C[C@](C=O)(NC(=O)OCC(C)(C)CO)C(C)(C)C. The molecule has 0 radical (unpaired) electrons. The summed E-state index contributed by atoms with van der Waals surface area (Å²) in [6.07, 6.45) is -0.496. The number of aliphatic hydroxyl groups excluding tert-OH is 1. The Morgan fingerprint density at radius 3 is 2.52 bits per heavy atom. The molecule has 50 heavy (non-hydrogen) atoms. The number of amides is 1. The molecule has 2 aliphatic rings. The van der Waals surface area contributed by atoms with Gasteiger partial charge in [-0.1, -0.05) is 62.7 Å². The Bertz CT molecular complexity index is 1780. The Labute approximate surface area is 300 Å². The van der Waals surface area contributed by atoms with E-state index in [1.165, 1.54) is 7.11 Å². The maximum atomic E-state index is 13.2. The number of carbonyl (C=O) groups excluding carboxylic acids is 3. The number of aromatic nitrogens is 2. The van der Waals surface area contributed by atoms with Crippen molar-refractivity contribution in [3.8, 4) is 28.6 Å². The van der Waals surface area contributed by atoms with Crippen LogP contribution in [0.25, 0.3) is 22.3 Å². The molecule has 1 saturated heterocycles. The number of likely N-dealkylation sites (tertiary alicyclic amines) is 1. The fourth-order valence-electron chi connectivity index (χ4n) is 5.89. The van der Waals surface area contributed by atoms with Crippen molar-refractivity contribution in [2.45, 2.75) is 78.4 Å². The van der Waals surface area contributed by atoms with Gasteiger partial charge in [0.2, 0.25) is 11.7 Å². The monoisotopic (exact) mass is 756 g/mol. The molecule has 3 aromatic rings. The van der Waals surface area contributed by atoms with Gasteiger partial charge in [-0.25, -0.2) is 14.8 Å². The molecule has 1 fully saturated rings. The van der Waals surface area contributed by atoms with E-state index in [0.29, 0.717) is 34.5 Å². The van der Waals surface area contributed by atoms with Crippen molar-refractivity contribution in [2.24, 2.45) is 10.8 Å². The van der Waals surface area contributed by atoms with E-state index in [-0.39, 0.29) is 38.6 Å². The van der Waals surface area contributed by atoms with Crippen molar-refractivity contribution in [1.29, 1.82) is 0 Å². The van der Waals surface area contributed by atoms with Crippen LogP contribution in [0.15, 0.2) is 40.9 Å². The van der Waals surface area contributed by atoms with E-state index < -0.39 is 46.4 Å². The number of fused-ring (bicyclic) bond motifs is 3. The number of ether oxygens (including phenoxy) is 5. The molecule has 0 aliphatic carbocycles. The lowest BCUT2D eigenvalue weighted by molar-refractivity contribution is -0.146. The third kappa shape index (κ3) is 7.82. The molecule has 1 aromatic heterocycles. The number of nitrogens with zero attached hydrogens (tertiary/aromatic N) is 3. The smallest absolute Gasteiger partial charge is 0.408 e. The van der Waals surface area contributed by atoms with Crippen molar-refractivity contribution < 1.29 is 43.2 Å². The predicted molar refractivity (Wildman–Crippen MR) is 188 cm³/mol. The Balaban J connectivity index is 1.48. The van der Waals surface area contributed by atoms with E-state index in [9.17, 15) is 19.5 Å². The zero-order chi connectivity index (χ0) is 36.6. The van der Waals surface area contributed by atoms with Crippen LogP contribution in [0.1, 0.15) is 54.9 Å². The second-order valence-electron chi connectivity index (χ2n) is 15.1. The molecule has 3 atom stereocenters. The number of alkyl carbamates (subject to hydrolysis) is 1. The number of nitrogens with one attached hydrogen (secondary N) is 1. The summed E-state index contributed by atoms with van der Waals surface area (Å²) >= 11 is 3.55. The molecule has 0 spiro atoms. The minimum Gasteiger partial charge on any atom is -0.471 e. The van der Waals surface area contributed by atoms with Crippen LogP contribution in [0.5, 0.6) is 17.4 Å². The molecule has 5 rings (SSSR count). The number of halogens is 1. The average molecular weight is 758 g/mol. The van der Waals surface area contributed by atoms with Gasteiger partial charge in [0.15, 0.2) is 11.5 Å². The summed E-state index contributed by atoms with van der Waals surface area (Å²) < 4.78 is 30.0. The number of hydrogen-bond donors (Lipinski definition) is 2. The van der Waals surface area contributed by atoms with Gasteiger partial charge < -0.3 is 38.9 Å². The highest BCUT2D eigenvalue weighted by Gasteiger charge is 2.50. The van der Waals surface area contributed by atoms with Gasteiger partial charge >= 0.3 is 12.1 Å². The molecule has 270 valence electrons. The van der Waals surface area contributed by atoms with Crippen molar-refractivity contribution in [1.82, 2.24) is 20.2 Å². The van der Waals surface area contributed by atoms with Crippen LogP contribution < -0.4 is 19.5 Å². The number of carbonyl (C=O) groups is 3. The number of rotatable bonds is 11. The normalized spacial score (nSPS) is 19.9. The Kier molecular flexibility index (Phi) is 10.4. The highest BCUT2D eigenvalue weighted by Crippen LogP contribution is 2.45. The van der Waals surface area contributed by atoms with Crippen molar-refractivity contribution in [2.75, 3.05) is 33.4 Å². The number of aliphatic hydroxyl groups is 1. The molecular formula is C36H45BrN4O9. The maximum Gasteiger partial charge on any atom is 0.408 e. The first-order valence-corrected chi connectivity index (χ1v) is 17.2. The quantitative estimate of drug-likeness (QED) is 0.193. The lowest BCUT2D eigenvalue weighted by Crippen LogP contribution is -2.65. The van der Waals surface area contributed by atoms with Crippen LogP contribution in [0.2, 0.25) is 0 Å². The van der Waals surface area contributed by atoms with Gasteiger partial charge in [0.25, 0.3) is 0 Å². The largest absolute Gasteiger partial charge is 0.471 e. The van der Waals surface area contributed by atoms with Crippen LogP contribution in [0.4, 0.5) is 4.79 Å². The van der Waals surface area contributed by atoms with Gasteiger partial charge in [-0.15, -0.1) is 0 Å². The highest BCUT2D eigenvalue weighted by molar-refractivity contribution is 9.10. The molecule has 0 bridgehead atoms. The molecule has 2 aromatic carbocycles. The average Bonchev–Trinajstić information content (AvgIpc) is 3.60. The van der Waals surface area contributed by atoms with Crippen molar-refractivity contribution >= 4 is 45.3 Å². The first kappa shape index (κ1) is 37.3. The van der Waals surface area contributed by atoms with Crippen LogP contribution in [-0.2, 0) is 19.1 Å². The molecule has 1 amide bonds. The third-order valence-corrected chi connectivity index (χ3v) is 9.47. The fraction of sp³-hybridized carbons (Fsp3) is 0.528. The number of esters is 1. The molecule has 14 heteroatoms. The number of methoxy groups -OCH3 is 1. The van der Waals surface area contributed by atoms with Gasteiger partial charge in [-0.3, -0.25) is 9.69 Å². The third-order valence-electron chi connectivity index (χ3n) is 8.98. The Morgan fingerprint density at radius 2 is 1.88 bits per heavy atom. The van der Waals surface area contributed by atoms with E-state index in [4.69, 9.17) is 33.7 Å². The molecule has 1 unspecified atom stereocenters. The van der Waals surface area contributed by atoms with Crippen LogP contribution >= 0.6 is 15.9 Å². The standard InChI is InChI=1S/C36H45BrN4O9/c1-33(2,3)36(19-43,40-32(45)47-20-34(4,5)18-42)17-41-16-23(15-25(41)31(44)46-8)48-30-27(21-10-9-11-22(37)14-21)39-28-24(38-30)12-13-26-29(28)50-35(6,7)49-26/h9-14,19,23,25,42H,15-18,20H2,1-8H3,(H,40,45)/t23?,25-,36+/m0/s1. The zero-order valence-corrected chi connectivity index (χ0v) is 31.3.